The van der Waals surface area contributed by atoms with Crippen molar-refractivity contribution < 1.29 is 17.6 Å². The van der Waals surface area contributed by atoms with Gasteiger partial charge >= 0.3 is 6.18 Å². The van der Waals surface area contributed by atoms with E-state index in [-0.39, 0.29) is 0 Å². The maximum Gasteiger partial charge on any atom is 0.416 e. The molecule has 8 rings (SSSR count). The molecule has 0 aliphatic heterocycles. The molecule has 0 atom stereocenters. The Morgan fingerprint density at radius 1 is 0.413 bits per heavy atom. The highest BCUT2D eigenvalue weighted by Gasteiger charge is 2.31. The molecular formula is C42H27F3O. The second-order valence-electron chi connectivity index (χ2n) is 11.8. The predicted molar refractivity (Wildman–Crippen MR) is 183 cm³/mol. The number of halogens is 3. The fraction of sp³-hybridized carbons (Fsp3) is 0.0476. The molecule has 46 heavy (non-hydrogen) atoms. The zero-order chi connectivity index (χ0) is 31.4. The van der Waals surface area contributed by atoms with E-state index in [0.29, 0.717) is 11.1 Å². The SMILES string of the molecule is Cc1cc(-c2ccc(-c3ccc4cc(-c5ccc(-c6ccc7oc8ccccc8c7c6)cc5)ccc4c3)cc2)cc(C(F)(F)F)c1. The molecule has 0 fully saturated rings. The maximum atomic E-state index is 13.3. The molecule has 0 bridgehead atoms. The lowest BCUT2D eigenvalue weighted by Gasteiger charge is -2.12. The van der Waals surface area contributed by atoms with Crippen LogP contribution in [0.25, 0.3) is 77.2 Å². The minimum Gasteiger partial charge on any atom is -0.456 e. The van der Waals surface area contributed by atoms with Gasteiger partial charge in [-0.05, 0) is 110 Å². The highest BCUT2D eigenvalue weighted by atomic mass is 19.4. The molecule has 0 aliphatic carbocycles. The lowest BCUT2D eigenvalue weighted by Crippen LogP contribution is -2.05. The number of furan rings is 1. The van der Waals surface area contributed by atoms with Gasteiger partial charge in [0.2, 0.25) is 0 Å². The van der Waals surface area contributed by atoms with E-state index in [0.717, 1.165) is 71.7 Å². The fourth-order valence-corrected chi connectivity index (χ4v) is 6.33. The zero-order valence-electron chi connectivity index (χ0n) is 24.9. The van der Waals surface area contributed by atoms with Crippen LogP contribution in [0, 0.1) is 6.92 Å². The summed E-state index contributed by atoms with van der Waals surface area (Å²) in [4.78, 5) is 0. The lowest BCUT2D eigenvalue weighted by molar-refractivity contribution is -0.137. The van der Waals surface area contributed by atoms with Crippen molar-refractivity contribution in [2.75, 3.05) is 0 Å². The number of hydrogen-bond acceptors (Lipinski definition) is 1. The largest absolute Gasteiger partial charge is 0.456 e. The van der Waals surface area contributed by atoms with Crippen LogP contribution in [0.2, 0.25) is 0 Å². The second-order valence-corrected chi connectivity index (χ2v) is 11.8. The average Bonchev–Trinajstić information content (AvgIpc) is 3.45. The van der Waals surface area contributed by atoms with Crippen LogP contribution in [0.15, 0.2) is 150 Å². The number of para-hydroxylation sites is 1. The highest BCUT2D eigenvalue weighted by Crippen LogP contribution is 2.36. The van der Waals surface area contributed by atoms with Crippen molar-refractivity contribution in [1.29, 1.82) is 0 Å². The third-order valence-electron chi connectivity index (χ3n) is 8.72. The maximum absolute atomic E-state index is 13.3. The van der Waals surface area contributed by atoms with Crippen LogP contribution in [0.1, 0.15) is 11.1 Å². The number of benzene rings is 7. The molecule has 1 aromatic heterocycles. The summed E-state index contributed by atoms with van der Waals surface area (Å²) in [5.41, 5.74) is 9.71. The number of rotatable bonds is 4. The second kappa shape index (κ2) is 10.8. The van der Waals surface area contributed by atoms with Crippen LogP contribution in [0.5, 0.6) is 0 Å². The third-order valence-corrected chi connectivity index (χ3v) is 8.72. The van der Waals surface area contributed by atoms with E-state index in [1.54, 1.807) is 13.0 Å². The number of aryl methyl sites for hydroxylation is 1. The number of fused-ring (bicyclic) bond motifs is 4. The summed E-state index contributed by atoms with van der Waals surface area (Å²) in [6.07, 6.45) is -4.37. The Hall–Kier alpha value is -5.61. The summed E-state index contributed by atoms with van der Waals surface area (Å²) < 4.78 is 46.0. The van der Waals surface area contributed by atoms with Crippen LogP contribution in [0.4, 0.5) is 13.2 Å². The summed E-state index contributed by atoms with van der Waals surface area (Å²) in [5.74, 6) is 0. The van der Waals surface area contributed by atoms with Gasteiger partial charge in [-0.1, -0.05) is 103 Å². The van der Waals surface area contributed by atoms with Crippen molar-refractivity contribution in [3.8, 4) is 44.5 Å². The van der Waals surface area contributed by atoms with Crippen molar-refractivity contribution in [3.05, 3.63) is 157 Å². The van der Waals surface area contributed by atoms with Gasteiger partial charge in [0.1, 0.15) is 11.2 Å². The first kappa shape index (κ1) is 27.9. The molecule has 1 nitrogen and oxygen atoms in total. The first-order chi connectivity index (χ1) is 22.3. The van der Waals surface area contributed by atoms with E-state index < -0.39 is 11.7 Å². The van der Waals surface area contributed by atoms with Crippen molar-refractivity contribution in [2.24, 2.45) is 0 Å². The topological polar surface area (TPSA) is 13.1 Å². The highest BCUT2D eigenvalue weighted by molar-refractivity contribution is 6.06. The van der Waals surface area contributed by atoms with E-state index >= 15 is 0 Å². The smallest absolute Gasteiger partial charge is 0.416 e. The summed E-state index contributed by atoms with van der Waals surface area (Å²) in [7, 11) is 0. The Balaban J connectivity index is 1.04. The lowest BCUT2D eigenvalue weighted by atomic mass is 9.95. The number of hydrogen-bond donors (Lipinski definition) is 0. The summed E-state index contributed by atoms with van der Waals surface area (Å²) in [6, 6.07) is 47.9. The molecule has 8 aromatic rings. The molecule has 0 spiro atoms. The molecule has 0 saturated heterocycles. The van der Waals surface area contributed by atoms with Gasteiger partial charge in [-0.25, -0.2) is 0 Å². The molecule has 222 valence electrons. The van der Waals surface area contributed by atoms with E-state index in [4.69, 9.17) is 4.42 Å². The molecule has 1 heterocycles. The van der Waals surface area contributed by atoms with Crippen molar-refractivity contribution >= 4 is 32.7 Å². The fourth-order valence-electron chi connectivity index (χ4n) is 6.33. The van der Waals surface area contributed by atoms with Crippen molar-refractivity contribution in [3.63, 3.8) is 0 Å². The molecule has 4 heteroatoms. The van der Waals surface area contributed by atoms with Gasteiger partial charge in [0.05, 0.1) is 5.56 Å². The van der Waals surface area contributed by atoms with Gasteiger partial charge in [-0.2, -0.15) is 13.2 Å². The molecular weight excluding hydrogens is 577 g/mol. The molecule has 0 aliphatic rings. The Bertz CT molecular complexity index is 2400. The minimum atomic E-state index is -4.37. The predicted octanol–water partition coefficient (Wildman–Crippen LogP) is 12.7. The molecule has 0 amide bonds. The molecule has 0 radical (unpaired) electrons. The van der Waals surface area contributed by atoms with Gasteiger partial charge in [0.15, 0.2) is 0 Å². The number of alkyl halides is 3. The first-order valence-corrected chi connectivity index (χ1v) is 15.1. The van der Waals surface area contributed by atoms with E-state index in [9.17, 15) is 13.2 Å². The quantitative estimate of drug-likeness (QED) is 0.195. The zero-order valence-corrected chi connectivity index (χ0v) is 24.9. The molecule has 0 N–H and O–H groups in total. The van der Waals surface area contributed by atoms with Crippen LogP contribution < -0.4 is 0 Å². The van der Waals surface area contributed by atoms with Gasteiger partial charge in [0.25, 0.3) is 0 Å². The Morgan fingerprint density at radius 2 is 0.891 bits per heavy atom. The molecule has 0 unspecified atom stereocenters. The summed E-state index contributed by atoms with van der Waals surface area (Å²) in [5, 5.41) is 4.50. The Labute approximate surface area is 264 Å². The average molecular weight is 605 g/mol. The van der Waals surface area contributed by atoms with Gasteiger partial charge in [0, 0.05) is 10.8 Å². The van der Waals surface area contributed by atoms with Crippen LogP contribution in [0.3, 0.4) is 0 Å². The summed E-state index contributed by atoms with van der Waals surface area (Å²) >= 11 is 0. The molecule has 0 saturated carbocycles. The first-order valence-electron chi connectivity index (χ1n) is 15.1. The van der Waals surface area contributed by atoms with Crippen molar-refractivity contribution in [2.45, 2.75) is 13.1 Å². The molecule has 7 aromatic carbocycles. The Kier molecular flexibility index (Phi) is 6.54. The van der Waals surface area contributed by atoms with E-state index in [2.05, 4.69) is 78.9 Å². The van der Waals surface area contributed by atoms with Gasteiger partial charge in [-0.3, -0.25) is 0 Å². The van der Waals surface area contributed by atoms with E-state index in [1.165, 1.54) is 12.1 Å². The monoisotopic (exact) mass is 604 g/mol. The van der Waals surface area contributed by atoms with Crippen molar-refractivity contribution in [1.82, 2.24) is 0 Å². The third kappa shape index (κ3) is 5.12. The minimum absolute atomic E-state index is 0.561. The normalized spacial score (nSPS) is 11.9. The Morgan fingerprint density at radius 3 is 1.48 bits per heavy atom. The van der Waals surface area contributed by atoms with E-state index in [1.807, 2.05) is 48.5 Å². The van der Waals surface area contributed by atoms with Gasteiger partial charge in [-0.15, -0.1) is 0 Å². The van der Waals surface area contributed by atoms with Crippen LogP contribution in [-0.2, 0) is 6.18 Å². The van der Waals surface area contributed by atoms with Gasteiger partial charge < -0.3 is 4.42 Å². The standard InChI is InChI=1S/C42H27F3O/c1-26-20-36(24-37(21-26)42(43,44)45)30-12-10-28(11-13-30)32-15-17-33-22-31(14-16-34(33)23-32)27-6-8-29(9-7-27)35-18-19-41-39(25-35)38-4-2-3-5-40(38)46-41/h2-25H,1H3. The van der Waals surface area contributed by atoms with Crippen LogP contribution in [-0.4, -0.2) is 0 Å². The van der Waals surface area contributed by atoms with Crippen LogP contribution >= 0.6 is 0 Å². The summed E-state index contributed by atoms with van der Waals surface area (Å²) in [6.45, 7) is 1.69.